The summed E-state index contributed by atoms with van der Waals surface area (Å²) in [6.07, 6.45) is 0.0977. The molecule has 0 saturated heterocycles. The Hall–Kier alpha value is -1.10. The van der Waals surface area contributed by atoms with Crippen LogP contribution in [0.5, 0.6) is 0 Å². The second kappa shape index (κ2) is 10.4. The Labute approximate surface area is 102 Å². The number of aliphatic hydroxyl groups excluding tert-OH is 1. The van der Waals surface area contributed by atoms with Crippen LogP contribution in [0.1, 0.15) is 17.9 Å². The van der Waals surface area contributed by atoms with E-state index in [1.54, 1.807) is 0 Å². The van der Waals surface area contributed by atoms with E-state index in [4.69, 9.17) is 15.9 Å². The molecule has 5 heteroatoms. The molecular formula is C11H18ClNO3. The van der Waals surface area contributed by atoms with Gasteiger partial charge in [-0.25, -0.2) is 0 Å². The molecule has 0 heterocycles. The highest BCUT2D eigenvalue weighted by Crippen LogP contribution is 2.17. The van der Waals surface area contributed by atoms with Gasteiger partial charge in [-0.15, -0.1) is 12.4 Å². The number of benzene rings is 1. The van der Waals surface area contributed by atoms with Crippen LogP contribution in [0.15, 0.2) is 30.3 Å². The van der Waals surface area contributed by atoms with Crippen LogP contribution in [0.2, 0.25) is 0 Å². The molecule has 0 aliphatic heterocycles. The highest BCUT2D eigenvalue weighted by atomic mass is 35.5. The molecule has 92 valence electrons. The Morgan fingerprint density at radius 1 is 1.31 bits per heavy atom. The van der Waals surface area contributed by atoms with E-state index in [-0.39, 0.29) is 24.7 Å². The second-order valence-corrected chi connectivity index (χ2v) is 2.94. The summed E-state index contributed by atoms with van der Waals surface area (Å²) in [5.41, 5.74) is 6.48. The minimum atomic E-state index is -0.806. The van der Waals surface area contributed by atoms with Gasteiger partial charge in [0.2, 0.25) is 0 Å². The zero-order valence-corrected chi connectivity index (χ0v) is 9.98. The minimum absolute atomic E-state index is 0. The molecule has 1 rings (SSSR count). The van der Waals surface area contributed by atoms with Crippen molar-refractivity contribution < 1.29 is 15.0 Å². The van der Waals surface area contributed by atoms with Gasteiger partial charge in [-0.1, -0.05) is 30.3 Å². The third kappa shape index (κ3) is 6.40. The predicted octanol–water partition coefficient (Wildman–Crippen LogP) is 1.23. The maximum atomic E-state index is 10.5. The Bertz CT molecular complexity index is 280. The van der Waals surface area contributed by atoms with E-state index in [9.17, 15) is 4.79 Å². The zero-order chi connectivity index (χ0) is 11.7. The highest BCUT2D eigenvalue weighted by Gasteiger charge is 2.12. The molecule has 1 unspecified atom stereocenters. The number of aliphatic hydroxyl groups is 1. The molecule has 0 radical (unpaired) electrons. The first-order valence-electron chi connectivity index (χ1n) is 4.65. The van der Waals surface area contributed by atoms with Gasteiger partial charge in [0.1, 0.15) is 0 Å². The van der Waals surface area contributed by atoms with Crippen LogP contribution in [-0.2, 0) is 4.79 Å². The van der Waals surface area contributed by atoms with Crippen LogP contribution in [0.3, 0.4) is 0 Å². The van der Waals surface area contributed by atoms with Crippen LogP contribution in [0.25, 0.3) is 0 Å². The fourth-order valence-electron chi connectivity index (χ4n) is 1.27. The monoisotopic (exact) mass is 247 g/mol. The van der Waals surface area contributed by atoms with E-state index < -0.39 is 5.97 Å². The molecule has 16 heavy (non-hydrogen) atoms. The van der Waals surface area contributed by atoms with Gasteiger partial charge in [-0.05, 0) is 12.1 Å². The standard InChI is InChI=1S/C10H13NO2.CH4O.ClH/c11-7-9(6-10(12)13)8-4-2-1-3-5-8;1-2;/h1-5,9H,6-7,11H2,(H,12,13);2H,1H3;1H. The first-order chi connectivity index (χ1) is 7.24. The van der Waals surface area contributed by atoms with E-state index >= 15 is 0 Å². The number of carboxylic acids is 1. The molecule has 0 aromatic heterocycles. The van der Waals surface area contributed by atoms with Crippen LogP contribution in [0, 0.1) is 0 Å². The third-order valence-corrected chi connectivity index (χ3v) is 1.98. The molecule has 0 saturated carbocycles. The number of nitrogens with two attached hydrogens (primary N) is 1. The zero-order valence-electron chi connectivity index (χ0n) is 9.17. The van der Waals surface area contributed by atoms with Gasteiger partial charge in [-0.2, -0.15) is 0 Å². The summed E-state index contributed by atoms with van der Waals surface area (Å²) in [6, 6.07) is 9.48. The summed E-state index contributed by atoms with van der Waals surface area (Å²) in [5.74, 6) is -0.877. The minimum Gasteiger partial charge on any atom is -0.481 e. The maximum absolute atomic E-state index is 10.5. The summed E-state index contributed by atoms with van der Waals surface area (Å²) in [6.45, 7) is 0.371. The quantitative estimate of drug-likeness (QED) is 0.747. The largest absolute Gasteiger partial charge is 0.481 e. The lowest BCUT2D eigenvalue weighted by Gasteiger charge is -2.11. The number of carbonyl (C=O) groups is 1. The number of rotatable bonds is 4. The van der Waals surface area contributed by atoms with E-state index in [1.165, 1.54) is 0 Å². The van der Waals surface area contributed by atoms with Crippen molar-refractivity contribution in [3.8, 4) is 0 Å². The number of hydrogen-bond donors (Lipinski definition) is 3. The summed E-state index contributed by atoms with van der Waals surface area (Å²) in [5, 5.41) is 15.6. The normalized spacial score (nSPS) is 10.4. The Balaban J connectivity index is 0. The molecule has 1 aromatic rings. The van der Waals surface area contributed by atoms with Crippen LogP contribution in [-0.4, -0.2) is 29.8 Å². The first kappa shape index (κ1) is 17.3. The fraction of sp³-hybridized carbons (Fsp3) is 0.364. The molecule has 0 aliphatic rings. The molecular weight excluding hydrogens is 230 g/mol. The number of aliphatic carboxylic acids is 1. The SMILES string of the molecule is CO.Cl.NCC(CC(=O)O)c1ccccc1. The first-order valence-corrected chi connectivity index (χ1v) is 4.65. The lowest BCUT2D eigenvalue weighted by molar-refractivity contribution is -0.137. The lowest BCUT2D eigenvalue weighted by Crippen LogP contribution is -2.16. The average molecular weight is 248 g/mol. The van der Waals surface area contributed by atoms with Crippen molar-refractivity contribution in [1.29, 1.82) is 0 Å². The summed E-state index contributed by atoms with van der Waals surface area (Å²) in [4.78, 5) is 10.5. The van der Waals surface area contributed by atoms with Gasteiger partial charge < -0.3 is 15.9 Å². The van der Waals surface area contributed by atoms with Gasteiger partial charge in [0.15, 0.2) is 0 Å². The lowest BCUT2D eigenvalue weighted by atomic mass is 9.96. The van der Waals surface area contributed by atoms with Crippen LogP contribution in [0.4, 0.5) is 0 Å². The van der Waals surface area contributed by atoms with Crippen molar-refractivity contribution in [2.24, 2.45) is 5.73 Å². The molecule has 4 N–H and O–H groups in total. The molecule has 0 fully saturated rings. The second-order valence-electron chi connectivity index (χ2n) is 2.94. The van der Waals surface area contributed by atoms with Crippen molar-refractivity contribution in [1.82, 2.24) is 0 Å². The third-order valence-electron chi connectivity index (χ3n) is 1.98. The van der Waals surface area contributed by atoms with E-state index in [2.05, 4.69) is 0 Å². The molecule has 1 aromatic carbocycles. The van der Waals surface area contributed by atoms with Crippen LogP contribution >= 0.6 is 12.4 Å². The molecule has 4 nitrogen and oxygen atoms in total. The topological polar surface area (TPSA) is 83.5 Å². The van der Waals surface area contributed by atoms with Crippen molar-refractivity contribution in [3.05, 3.63) is 35.9 Å². The molecule has 0 bridgehead atoms. The predicted molar refractivity (Wildman–Crippen MR) is 65.9 cm³/mol. The van der Waals surface area contributed by atoms with Crippen molar-refractivity contribution >= 4 is 18.4 Å². The van der Waals surface area contributed by atoms with Gasteiger partial charge in [0.05, 0.1) is 6.42 Å². The fourth-order valence-corrected chi connectivity index (χ4v) is 1.27. The molecule has 1 atom stereocenters. The van der Waals surface area contributed by atoms with E-state index in [0.29, 0.717) is 6.54 Å². The van der Waals surface area contributed by atoms with Gasteiger partial charge in [0.25, 0.3) is 0 Å². The Morgan fingerprint density at radius 3 is 2.19 bits per heavy atom. The number of carboxylic acid groups (broad SMARTS) is 1. The van der Waals surface area contributed by atoms with E-state index in [0.717, 1.165) is 12.7 Å². The van der Waals surface area contributed by atoms with Gasteiger partial charge >= 0.3 is 5.97 Å². The molecule has 0 aliphatic carbocycles. The smallest absolute Gasteiger partial charge is 0.304 e. The number of halogens is 1. The van der Waals surface area contributed by atoms with E-state index in [1.807, 2.05) is 30.3 Å². The average Bonchev–Trinajstić information content (AvgIpc) is 2.29. The highest BCUT2D eigenvalue weighted by molar-refractivity contribution is 5.85. The summed E-state index contributed by atoms with van der Waals surface area (Å²) < 4.78 is 0. The maximum Gasteiger partial charge on any atom is 0.304 e. The van der Waals surface area contributed by atoms with Crippen molar-refractivity contribution in [3.63, 3.8) is 0 Å². The molecule has 0 amide bonds. The van der Waals surface area contributed by atoms with Gasteiger partial charge in [0, 0.05) is 13.0 Å². The number of hydrogen-bond acceptors (Lipinski definition) is 3. The summed E-state index contributed by atoms with van der Waals surface area (Å²) >= 11 is 0. The summed E-state index contributed by atoms with van der Waals surface area (Å²) in [7, 11) is 1.00. The van der Waals surface area contributed by atoms with Gasteiger partial charge in [-0.3, -0.25) is 4.79 Å². The Kier molecular flexibility index (Phi) is 11.3. The molecule has 0 spiro atoms. The van der Waals surface area contributed by atoms with Crippen molar-refractivity contribution in [2.75, 3.05) is 13.7 Å². The van der Waals surface area contributed by atoms with Crippen LogP contribution < -0.4 is 5.73 Å². The Morgan fingerprint density at radius 2 is 1.81 bits per heavy atom. The van der Waals surface area contributed by atoms with Crippen molar-refractivity contribution in [2.45, 2.75) is 12.3 Å².